The molecule has 1 aliphatic rings. The second-order valence-electron chi connectivity index (χ2n) is 2.45. The highest BCUT2D eigenvalue weighted by molar-refractivity contribution is 4.80. The zero-order valence-corrected chi connectivity index (χ0v) is 5.31. The maximum atomic E-state index is 12.6. The number of nitrogens with one attached hydrogen (secondary N) is 1. The minimum Gasteiger partial charge on any atom is -0.396 e. The lowest BCUT2D eigenvalue weighted by Crippen LogP contribution is -2.14. The molecule has 0 aromatic carbocycles. The summed E-state index contributed by atoms with van der Waals surface area (Å²) in [6, 6.07) is 0. The number of aliphatic hydroxyl groups excluding tert-OH is 1. The molecule has 0 radical (unpaired) electrons. The fraction of sp³-hybridized carbons (Fsp3) is 1.00. The van der Waals surface area contributed by atoms with Crippen LogP contribution < -0.4 is 5.32 Å². The van der Waals surface area contributed by atoms with Gasteiger partial charge in [0, 0.05) is 25.6 Å². The molecule has 54 valence electrons. The number of halogens is 1. The van der Waals surface area contributed by atoms with E-state index in [1.807, 2.05) is 0 Å². The van der Waals surface area contributed by atoms with Crippen molar-refractivity contribution in [3.8, 4) is 0 Å². The van der Waals surface area contributed by atoms with Gasteiger partial charge in [-0.05, 0) is 6.42 Å². The highest BCUT2D eigenvalue weighted by atomic mass is 19.1. The van der Waals surface area contributed by atoms with Crippen LogP contribution in [0.1, 0.15) is 6.42 Å². The Balaban J connectivity index is 2.22. The lowest BCUT2D eigenvalue weighted by Gasteiger charge is -2.07. The Labute approximate surface area is 54.1 Å². The van der Waals surface area contributed by atoms with E-state index in [0.717, 1.165) is 6.54 Å². The van der Waals surface area contributed by atoms with Crippen LogP contribution in [0, 0.1) is 5.92 Å². The Kier molecular flexibility index (Phi) is 2.42. The topological polar surface area (TPSA) is 32.3 Å². The van der Waals surface area contributed by atoms with Crippen LogP contribution in [0.5, 0.6) is 0 Å². The second kappa shape index (κ2) is 3.13. The Morgan fingerprint density at radius 1 is 1.56 bits per heavy atom. The van der Waals surface area contributed by atoms with E-state index in [9.17, 15) is 4.39 Å². The van der Waals surface area contributed by atoms with Crippen molar-refractivity contribution in [2.45, 2.75) is 12.6 Å². The Morgan fingerprint density at radius 2 is 2.33 bits per heavy atom. The molecule has 0 aromatic rings. The Bertz CT molecular complexity index is 89.1. The highest BCUT2D eigenvalue weighted by Gasteiger charge is 2.25. The van der Waals surface area contributed by atoms with Crippen LogP contribution in [0.4, 0.5) is 4.39 Å². The molecule has 1 saturated heterocycles. The number of aliphatic hydroxyl groups is 1. The van der Waals surface area contributed by atoms with Gasteiger partial charge in [0.25, 0.3) is 0 Å². The van der Waals surface area contributed by atoms with Crippen LogP contribution in [0.2, 0.25) is 0 Å². The molecule has 0 aromatic heterocycles. The lowest BCUT2D eigenvalue weighted by atomic mass is 10.0. The second-order valence-corrected chi connectivity index (χ2v) is 2.45. The summed E-state index contributed by atoms with van der Waals surface area (Å²) < 4.78 is 12.6. The number of alkyl halides is 1. The largest absolute Gasteiger partial charge is 0.396 e. The molecule has 0 amide bonds. The van der Waals surface area contributed by atoms with Crippen molar-refractivity contribution in [3.63, 3.8) is 0 Å². The third kappa shape index (κ3) is 1.63. The first-order chi connectivity index (χ1) is 4.34. The third-order valence-corrected chi connectivity index (χ3v) is 1.76. The third-order valence-electron chi connectivity index (χ3n) is 1.76. The molecular weight excluding hydrogens is 121 g/mol. The van der Waals surface area contributed by atoms with E-state index in [4.69, 9.17) is 5.11 Å². The Hall–Kier alpha value is -0.150. The normalized spacial score (nSPS) is 35.3. The molecule has 0 spiro atoms. The maximum absolute atomic E-state index is 12.6. The van der Waals surface area contributed by atoms with E-state index in [1.54, 1.807) is 0 Å². The molecule has 2 unspecified atom stereocenters. The summed E-state index contributed by atoms with van der Waals surface area (Å²) >= 11 is 0. The minimum absolute atomic E-state index is 0.0509. The predicted octanol–water partition coefficient (Wildman–Crippen LogP) is -0.0737. The van der Waals surface area contributed by atoms with E-state index < -0.39 is 6.17 Å². The van der Waals surface area contributed by atoms with Gasteiger partial charge in [0.15, 0.2) is 0 Å². The van der Waals surface area contributed by atoms with Gasteiger partial charge >= 0.3 is 0 Å². The van der Waals surface area contributed by atoms with Gasteiger partial charge in [0.2, 0.25) is 0 Å². The number of hydrogen-bond acceptors (Lipinski definition) is 2. The molecule has 0 aliphatic carbocycles. The maximum Gasteiger partial charge on any atom is 0.117 e. The average Bonchev–Trinajstić information content (AvgIpc) is 2.18. The van der Waals surface area contributed by atoms with Crippen molar-refractivity contribution >= 4 is 0 Å². The molecule has 1 heterocycles. The first-order valence-corrected chi connectivity index (χ1v) is 3.30. The molecule has 9 heavy (non-hydrogen) atoms. The van der Waals surface area contributed by atoms with Crippen LogP contribution in [0.15, 0.2) is 0 Å². The van der Waals surface area contributed by atoms with E-state index >= 15 is 0 Å². The molecular formula is C6H12FNO. The van der Waals surface area contributed by atoms with Crippen molar-refractivity contribution in [2.24, 2.45) is 5.92 Å². The van der Waals surface area contributed by atoms with Crippen LogP contribution in [-0.4, -0.2) is 31.0 Å². The number of rotatable bonds is 2. The summed E-state index contributed by atoms with van der Waals surface area (Å²) in [6.07, 6.45) is -0.147. The standard InChI is InChI=1S/C6H12FNO/c7-6-4-8-3-5(6)1-2-9/h5-6,8-9H,1-4H2. The van der Waals surface area contributed by atoms with Gasteiger partial charge < -0.3 is 10.4 Å². The molecule has 0 saturated carbocycles. The summed E-state index contributed by atoms with van der Waals surface area (Å²) in [5, 5.41) is 11.4. The van der Waals surface area contributed by atoms with Crippen molar-refractivity contribution in [1.29, 1.82) is 0 Å². The van der Waals surface area contributed by atoms with Crippen LogP contribution in [-0.2, 0) is 0 Å². The average molecular weight is 133 g/mol. The van der Waals surface area contributed by atoms with E-state index in [2.05, 4.69) is 5.32 Å². The van der Waals surface area contributed by atoms with Crippen LogP contribution in [0.3, 0.4) is 0 Å². The van der Waals surface area contributed by atoms with Crippen molar-refractivity contribution in [2.75, 3.05) is 19.7 Å². The first kappa shape index (κ1) is 6.96. The first-order valence-electron chi connectivity index (χ1n) is 3.30. The predicted molar refractivity (Wildman–Crippen MR) is 33.0 cm³/mol. The minimum atomic E-state index is -0.739. The summed E-state index contributed by atoms with van der Waals surface area (Å²) in [4.78, 5) is 0. The van der Waals surface area contributed by atoms with Crippen LogP contribution >= 0.6 is 0 Å². The molecule has 2 atom stereocenters. The van der Waals surface area contributed by atoms with Crippen molar-refractivity contribution < 1.29 is 9.50 Å². The fourth-order valence-corrected chi connectivity index (χ4v) is 1.15. The molecule has 2 nitrogen and oxygen atoms in total. The van der Waals surface area contributed by atoms with E-state index in [1.165, 1.54) is 0 Å². The quantitative estimate of drug-likeness (QED) is 0.552. The summed E-state index contributed by atoms with van der Waals surface area (Å²) in [5.74, 6) is 0.0509. The van der Waals surface area contributed by atoms with Gasteiger partial charge in [-0.25, -0.2) is 4.39 Å². The molecule has 2 N–H and O–H groups in total. The summed E-state index contributed by atoms with van der Waals surface area (Å²) in [6.45, 7) is 1.29. The van der Waals surface area contributed by atoms with Crippen molar-refractivity contribution in [1.82, 2.24) is 5.32 Å². The molecule has 3 heteroatoms. The molecule has 1 rings (SSSR count). The van der Waals surface area contributed by atoms with Gasteiger partial charge in [-0.2, -0.15) is 0 Å². The number of hydrogen-bond donors (Lipinski definition) is 2. The van der Waals surface area contributed by atoms with E-state index in [-0.39, 0.29) is 12.5 Å². The molecule has 1 fully saturated rings. The molecule has 0 bridgehead atoms. The highest BCUT2D eigenvalue weighted by Crippen LogP contribution is 2.15. The zero-order valence-electron chi connectivity index (χ0n) is 5.31. The monoisotopic (exact) mass is 133 g/mol. The van der Waals surface area contributed by atoms with E-state index in [0.29, 0.717) is 13.0 Å². The van der Waals surface area contributed by atoms with Gasteiger partial charge in [0.1, 0.15) is 6.17 Å². The Morgan fingerprint density at radius 3 is 2.78 bits per heavy atom. The van der Waals surface area contributed by atoms with Gasteiger partial charge in [-0.1, -0.05) is 0 Å². The zero-order chi connectivity index (χ0) is 6.69. The lowest BCUT2D eigenvalue weighted by molar-refractivity contribution is 0.212. The summed E-state index contributed by atoms with van der Waals surface area (Å²) in [7, 11) is 0. The fourth-order valence-electron chi connectivity index (χ4n) is 1.15. The smallest absolute Gasteiger partial charge is 0.117 e. The van der Waals surface area contributed by atoms with Gasteiger partial charge in [-0.15, -0.1) is 0 Å². The van der Waals surface area contributed by atoms with Crippen LogP contribution in [0.25, 0.3) is 0 Å². The van der Waals surface area contributed by atoms with Gasteiger partial charge in [-0.3, -0.25) is 0 Å². The SMILES string of the molecule is OCCC1CNCC1F. The summed E-state index contributed by atoms with van der Waals surface area (Å²) in [5.41, 5.74) is 0. The molecule has 1 aliphatic heterocycles. The van der Waals surface area contributed by atoms with Crippen molar-refractivity contribution in [3.05, 3.63) is 0 Å². The van der Waals surface area contributed by atoms with Gasteiger partial charge in [0.05, 0.1) is 0 Å².